The van der Waals surface area contributed by atoms with Crippen molar-refractivity contribution < 1.29 is 9.53 Å². The van der Waals surface area contributed by atoms with Crippen molar-refractivity contribution >= 4 is 35.8 Å². The molecule has 0 aromatic rings. The van der Waals surface area contributed by atoms with E-state index in [1.54, 1.807) is 19.0 Å². The number of likely N-dealkylation sites (N-methyl/N-ethyl adjacent to an activating group) is 1. The smallest absolute Gasteiger partial charge is 0.243 e. The number of nitrogens with one attached hydrogen (secondary N) is 2. The van der Waals surface area contributed by atoms with Gasteiger partial charge in [0.25, 0.3) is 0 Å². The fraction of sp³-hybridized carbons (Fsp3) is 0.882. The minimum Gasteiger partial charge on any atom is -0.382 e. The molecule has 6 nitrogen and oxygen atoms in total. The molecule has 2 bridgehead atoms. The minimum absolute atomic E-state index is 0. The highest BCUT2D eigenvalue weighted by molar-refractivity contribution is 14.0. The van der Waals surface area contributed by atoms with Crippen molar-refractivity contribution in [1.29, 1.82) is 0 Å². The minimum atomic E-state index is 0. The number of carbonyl (C=O) groups is 1. The molecule has 0 saturated heterocycles. The summed E-state index contributed by atoms with van der Waals surface area (Å²) in [7, 11) is 3.52. The van der Waals surface area contributed by atoms with Gasteiger partial charge in [-0.05, 0) is 44.4 Å². The van der Waals surface area contributed by atoms with Crippen LogP contribution in [-0.2, 0) is 9.53 Å². The first-order chi connectivity index (χ1) is 11.1. The van der Waals surface area contributed by atoms with Gasteiger partial charge in [-0.2, -0.15) is 0 Å². The third-order valence-corrected chi connectivity index (χ3v) is 4.89. The molecule has 0 radical (unpaired) electrons. The molecule has 0 aromatic heterocycles. The molecule has 140 valence electrons. The highest BCUT2D eigenvalue weighted by Crippen LogP contribution is 2.44. The lowest BCUT2D eigenvalue weighted by Crippen LogP contribution is -2.46. The highest BCUT2D eigenvalue weighted by atomic mass is 127. The third-order valence-electron chi connectivity index (χ3n) is 4.89. The molecule has 3 atom stereocenters. The van der Waals surface area contributed by atoms with Crippen LogP contribution >= 0.6 is 24.0 Å². The number of aliphatic imine (C=N–C) groups is 1. The number of hydrogen-bond acceptors (Lipinski definition) is 3. The van der Waals surface area contributed by atoms with Crippen LogP contribution < -0.4 is 10.6 Å². The zero-order chi connectivity index (χ0) is 16.7. The monoisotopic (exact) mass is 452 g/mol. The summed E-state index contributed by atoms with van der Waals surface area (Å²) in [6, 6.07) is 0.515. The predicted molar refractivity (Wildman–Crippen MR) is 108 cm³/mol. The molecule has 2 fully saturated rings. The van der Waals surface area contributed by atoms with Gasteiger partial charge in [-0.25, -0.2) is 4.99 Å². The van der Waals surface area contributed by atoms with Gasteiger partial charge in [0.1, 0.15) is 6.54 Å². The SMILES string of the molecule is CCOCCCNC(=NCC(=O)N(C)C)NC1CC2CCC1C2.I. The fourth-order valence-electron chi connectivity index (χ4n) is 3.56. The number of guanidine groups is 1. The highest BCUT2D eigenvalue weighted by Gasteiger charge is 2.39. The van der Waals surface area contributed by atoms with Gasteiger partial charge in [-0.3, -0.25) is 4.79 Å². The Morgan fingerprint density at radius 2 is 2.08 bits per heavy atom. The maximum Gasteiger partial charge on any atom is 0.243 e. The molecule has 0 aliphatic heterocycles. The lowest BCUT2D eigenvalue weighted by molar-refractivity contribution is -0.127. The Kier molecular flexibility index (Phi) is 9.95. The molecule has 2 N–H and O–H groups in total. The van der Waals surface area contributed by atoms with Crippen LogP contribution in [0.1, 0.15) is 39.0 Å². The van der Waals surface area contributed by atoms with Crippen LogP contribution in [0.5, 0.6) is 0 Å². The zero-order valence-corrected chi connectivity index (χ0v) is 17.5. The van der Waals surface area contributed by atoms with Gasteiger partial charge in [-0.1, -0.05) is 6.42 Å². The number of fused-ring (bicyclic) bond motifs is 2. The first-order valence-electron chi connectivity index (χ1n) is 8.93. The first kappa shape index (κ1) is 21.5. The van der Waals surface area contributed by atoms with E-state index in [9.17, 15) is 4.79 Å². The van der Waals surface area contributed by atoms with Crippen molar-refractivity contribution in [3.63, 3.8) is 0 Å². The molecule has 2 rings (SSSR count). The Balaban J connectivity index is 0.00000288. The van der Waals surface area contributed by atoms with E-state index in [1.807, 2.05) is 6.92 Å². The zero-order valence-electron chi connectivity index (χ0n) is 15.2. The van der Waals surface area contributed by atoms with Crippen molar-refractivity contribution in [3.8, 4) is 0 Å². The summed E-state index contributed by atoms with van der Waals surface area (Å²) < 4.78 is 5.36. The van der Waals surface area contributed by atoms with Crippen molar-refractivity contribution in [2.24, 2.45) is 16.8 Å². The van der Waals surface area contributed by atoms with Crippen LogP contribution in [0.2, 0.25) is 0 Å². The van der Waals surface area contributed by atoms with E-state index in [0.29, 0.717) is 6.04 Å². The molecule has 2 saturated carbocycles. The molecule has 2 aliphatic carbocycles. The van der Waals surface area contributed by atoms with E-state index in [-0.39, 0.29) is 36.4 Å². The van der Waals surface area contributed by atoms with E-state index < -0.39 is 0 Å². The fourth-order valence-corrected chi connectivity index (χ4v) is 3.56. The van der Waals surface area contributed by atoms with Gasteiger partial charge in [0.05, 0.1) is 0 Å². The van der Waals surface area contributed by atoms with Crippen LogP contribution in [0.4, 0.5) is 0 Å². The molecule has 0 aromatic carbocycles. The van der Waals surface area contributed by atoms with E-state index in [0.717, 1.165) is 44.0 Å². The maximum absolute atomic E-state index is 11.8. The number of halogens is 1. The summed E-state index contributed by atoms with van der Waals surface area (Å²) in [5, 5.41) is 6.91. The van der Waals surface area contributed by atoms with E-state index in [1.165, 1.54) is 25.7 Å². The Morgan fingerprint density at radius 1 is 1.29 bits per heavy atom. The second-order valence-corrected chi connectivity index (χ2v) is 6.86. The third kappa shape index (κ3) is 6.74. The standard InChI is InChI=1S/C17H32N4O2.HI/c1-4-23-9-5-8-18-17(19-12-16(22)21(2)3)20-15-11-13-6-7-14(15)10-13;/h13-15H,4-12H2,1-3H3,(H2,18,19,20);1H. The Bertz CT molecular complexity index is 417. The average molecular weight is 452 g/mol. The molecule has 1 amide bonds. The quantitative estimate of drug-likeness (QED) is 0.255. The molecule has 0 heterocycles. The molecular weight excluding hydrogens is 419 g/mol. The molecule has 7 heteroatoms. The summed E-state index contributed by atoms with van der Waals surface area (Å²) in [5.41, 5.74) is 0. The van der Waals surface area contributed by atoms with E-state index in [2.05, 4.69) is 15.6 Å². The van der Waals surface area contributed by atoms with Crippen LogP contribution in [0.3, 0.4) is 0 Å². The summed E-state index contributed by atoms with van der Waals surface area (Å²) in [4.78, 5) is 17.8. The molecular formula is C17H33IN4O2. The van der Waals surface area contributed by atoms with Crippen molar-refractivity contribution in [2.75, 3.05) is 40.4 Å². The summed E-state index contributed by atoms with van der Waals surface area (Å²) in [5.74, 6) is 2.46. The number of carbonyl (C=O) groups excluding carboxylic acids is 1. The van der Waals surface area contributed by atoms with Gasteiger partial charge in [0.15, 0.2) is 5.96 Å². The second kappa shape index (κ2) is 11.1. The lowest BCUT2D eigenvalue weighted by atomic mass is 9.95. The van der Waals surface area contributed by atoms with E-state index >= 15 is 0 Å². The van der Waals surface area contributed by atoms with E-state index in [4.69, 9.17) is 4.74 Å². The second-order valence-electron chi connectivity index (χ2n) is 6.86. The topological polar surface area (TPSA) is 66.0 Å². The average Bonchev–Trinajstić information content (AvgIpc) is 3.14. The van der Waals surface area contributed by atoms with Gasteiger partial charge < -0.3 is 20.3 Å². The first-order valence-corrected chi connectivity index (χ1v) is 8.93. The Labute approximate surface area is 163 Å². The summed E-state index contributed by atoms with van der Waals surface area (Å²) >= 11 is 0. The number of hydrogen-bond donors (Lipinski definition) is 2. The normalized spacial score (nSPS) is 25.3. The van der Waals surface area contributed by atoms with Gasteiger partial charge in [-0.15, -0.1) is 24.0 Å². The Morgan fingerprint density at radius 3 is 2.67 bits per heavy atom. The molecule has 3 unspecified atom stereocenters. The van der Waals surface area contributed by atoms with Crippen LogP contribution in [-0.4, -0.2) is 63.2 Å². The lowest BCUT2D eigenvalue weighted by Gasteiger charge is -2.25. The number of nitrogens with zero attached hydrogens (tertiary/aromatic N) is 2. The largest absolute Gasteiger partial charge is 0.382 e. The number of amides is 1. The van der Waals surface area contributed by atoms with Crippen molar-refractivity contribution in [3.05, 3.63) is 0 Å². The molecule has 2 aliphatic rings. The Hall–Kier alpha value is -0.570. The summed E-state index contributed by atoms with van der Waals surface area (Å²) in [6.07, 6.45) is 6.25. The van der Waals surface area contributed by atoms with Crippen LogP contribution in [0.25, 0.3) is 0 Å². The van der Waals surface area contributed by atoms with Gasteiger partial charge >= 0.3 is 0 Å². The van der Waals surface area contributed by atoms with Crippen LogP contribution in [0, 0.1) is 11.8 Å². The molecule has 24 heavy (non-hydrogen) atoms. The maximum atomic E-state index is 11.8. The molecule has 0 spiro atoms. The predicted octanol–water partition coefficient (Wildman–Crippen LogP) is 1.84. The van der Waals surface area contributed by atoms with Gasteiger partial charge in [0.2, 0.25) is 5.91 Å². The van der Waals surface area contributed by atoms with Crippen molar-refractivity contribution in [1.82, 2.24) is 15.5 Å². The number of ether oxygens (including phenoxy) is 1. The van der Waals surface area contributed by atoms with Crippen molar-refractivity contribution in [2.45, 2.75) is 45.1 Å². The van der Waals surface area contributed by atoms with Crippen LogP contribution in [0.15, 0.2) is 4.99 Å². The summed E-state index contributed by atoms with van der Waals surface area (Å²) in [6.45, 7) is 4.50. The number of rotatable bonds is 8. The van der Waals surface area contributed by atoms with Gasteiger partial charge in [0, 0.05) is 39.9 Å².